The van der Waals surface area contributed by atoms with Gasteiger partial charge in [-0.3, -0.25) is 9.59 Å². The first-order valence-corrected chi connectivity index (χ1v) is 9.84. The van der Waals surface area contributed by atoms with E-state index in [1.807, 2.05) is 47.4 Å². The predicted molar refractivity (Wildman–Crippen MR) is 107 cm³/mol. The number of rotatable bonds is 6. The number of nitrogens with two attached hydrogens (primary N) is 1. The maximum atomic E-state index is 13.3. The van der Waals surface area contributed by atoms with Gasteiger partial charge in [0.25, 0.3) is 0 Å². The van der Waals surface area contributed by atoms with E-state index in [-0.39, 0.29) is 11.3 Å². The minimum Gasteiger partial charge on any atom is -0.497 e. The molecule has 1 atom stereocenters. The number of hydrogen-bond donors (Lipinski definition) is 1. The van der Waals surface area contributed by atoms with Gasteiger partial charge in [-0.1, -0.05) is 24.3 Å². The highest BCUT2D eigenvalue weighted by Gasteiger charge is 2.53. The highest BCUT2D eigenvalue weighted by atomic mass is 16.5. The van der Waals surface area contributed by atoms with Crippen molar-refractivity contribution >= 4 is 11.8 Å². The van der Waals surface area contributed by atoms with Crippen LogP contribution in [0.5, 0.6) is 5.75 Å². The van der Waals surface area contributed by atoms with Crippen molar-refractivity contribution in [1.29, 1.82) is 0 Å². The van der Waals surface area contributed by atoms with E-state index in [1.54, 1.807) is 13.2 Å². The molecule has 2 amide bonds. The van der Waals surface area contributed by atoms with Crippen LogP contribution in [0.2, 0.25) is 0 Å². The van der Waals surface area contributed by atoms with Gasteiger partial charge in [0.15, 0.2) is 0 Å². The summed E-state index contributed by atoms with van der Waals surface area (Å²) < 4.78 is 5.23. The van der Waals surface area contributed by atoms with Crippen molar-refractivity contribution in [1.82, 2.24) is 4.90 Å². The minimum atomic E-state index is -0.403. The van der Waals surface area contributed by atoms with Crippen molar-refractivity contribution in [3.05, 3.63) is 65.2 Å². The third-order valence-electron chi connectivity index (χ3n) is 6.11. The summed E-state index contributed by atoms with van der Waals surface area (Å²) in [6, 6.07) is 15.4. The Morgan fingerprint density at radius 3 is 2.57 bits per heavy atom. The molecule has 5 heteroatoms. The highest BCUT2D eigenvalue weighted by molar-refractivity contribution is 5.93. The number of nitrogens with zero attached hydrogens (tertiary/aromatic N) is 1. The summed E-state index contributed by atoms with van der Waals surface area (Å²) in [5, 5.41) is 0. The first-order valence-electron chi connectivity index (χ1n) is 9.84. The van der Waals surface area contributed by atoms with Crippen molar-refractivity contribution in [2.24, 2.45) is 11.7 Å². The molecular formula is C23H26N2O3. The van der Waals surface area contributed by atoms with Crippen molar-refractivity contribution in [2.75, 3.05) is 20.2 Å². The Morgan fingerprint density at radius 1 is 1.18 bits per heavy atom. The van der Waals surface area contributed by atoms with Crippen molar-refractivity contribution < 1.29 is 14.3 Å². The Kier molecular flexibility index (Phi) is 4.84. The number of methoxy groups -OCH3 is 1. The van der Waals surface area contributed by atoms with Crippen LogP contribution in [0.1, 0.15) is 40.7 Å². The number of carbonyl (C=O) groups is 2. The molecule has 0 spiro atoms. The lowest BCUT2D eigenvalue weighted by Gasteiger charge is -2.24. The fourth-order valence-electron chi connectivity index (χ4n) is 4.33. The summed E-state index contributed by atoms with van der Waals surface area (Å²) in [6.45, 7) is 1.58. The lowest BCUT2D eigenvalue weighted by molar-refractivity contribution is -0.133. The van der Waals surface area contributed by atoms with E-state index < -0.39 is 5.91 Å². The Labute approximate surface area is 165 Å². The normalized spacial score (nSPS) is 20.0. The molecule has 146 valence electrons. The Morgan fingerprint density at radius 2 is 1.93 bits per heavy atom. The van der Waals surface area contributed by atoms with Crippen LogP contribution in [-0.4, -0.2) is 36.9 Å². The molecule has 2 aliphatic rings. The Bertz CT molecular complexity index is 887. The second-order valence-corrected chi connectivity index (χ2v) is 7.99. The largest absolute Gasteiger partial charge is 0.497 e. The molecule has 0 bridgehead atoms. The van der Waals surface area contributed by atoms with Gasteiger partial charge >= 0.3 is 0 Å². The molecule has 1 saturated carbocycles. The van der Waals surface area contributed by atoms with Crippen LogP contribution in [0.25, 0.3) is 0 Å². The van der Waals surface area contributed by atoms with E-state index in [2.05, 4.69) is 0 Å². The summed E-state index contributed by atoms with van der Waals surface area (Å²) in [6.07, 6.45) is 3.69. The second-order valence-electron chi connectivity index (χ2n) is 7.99. The average Bonchev–Trinajstić information content (AvgIpc) is 3.40. The van der Waals surface area contributed by atoms with Crippen molar-refractivity contribution in [2.45, 2.75) is 31.1 Å². The summed E-state index contributed by atoms with van der Waals surface area (Å²) in [4.78, 5) is 26.7. The molecule has 1 aliphatic carbocycles. The minimum absolute atomic E-state index is 0.256. The van der Waals surface area contributed by atoms with E-state index in [0.717, 1.165) is 55.6 Å². The number of ether oxygens (including phenoxy) is 1. The molecule has 0 radical (unpaired) electrons. The van der Waals surface area contributed by atoms with Gasteiger partial charge in [-0.05, 0) is 67.0 Å². The van der Waals surface area contributed by atoms with Crippen LogP contribution >= 0.6 is 0 Å². The molecule has 1 aliphatic heterocycles. The molecule has 28 heavy (non-hydrogen) atoms. The topological polar surface area (TPSA) is 72.6 Å². The molecular weight excluding hydrogens is 352 g/mol. The highest BCUT2D eigenvalue weighted by Crippen LogP contribution is 2.50. The zero-order valence-electron chi connectivity index (χ0n) is 16.2. The summed E-state index contributed by atoms with van der Waals surface area (Å²) in [5.41, 5.74) is 7.78. The Hall–Kier alpha value is -2.82. The van der Waals surface area contributed by atoms with Gasteiger partial charge < -0.3 is 15.4 Å². The fourth-order valence-corrected chi connectivity index (χ4v) is 4.33. The third-order valence-corrected chi connectivity index (χ3v) is 6.11. The van der Waals surface area contributed by atoms with Gasteiger partial charge in [0.1, 0.15) is 5.75 Å². The molecule has 0 aromatic heterocycles. The number of likely N-dealkylation sites (tertiary alicyclic amines) is 1. The van der Waals surface area contributed by atoms with Crippen LogP contribution in [0.3, 0.4) is 0 Å². The van der Waals surface area contributed by atoms with Crippen LogP contribution in [0.4, 0.5) is 0 Å². The van der Waals surface area contributed by atoms with Crippen LogP contribution < -0.4 is 10.5 Å². The quantitative estimate of drug-likeness (QED) is 0.840. The molecule has 5 nitrogen and oxygen atoms in total. The van der Waals surface area contributed by atoms with Crippen LogP contribution in [-0.2, 0) is 16.6 Å². The van der Waals surface area contributed by atoms with Gasteiger partial charge in [0.05, 0.1) is 12.5 Å². The van der Waals surface area contributed by atoms with Gasteiger partial charge in [-0.15, -0.1) is 0 Å². The molecule has 1 heterocycles. The third kappa shape index (κ3) is 3.49. The van der Waals surface area contributed by atoms with Crippen molar-refractivity contribution in [3.8, 4) is 5.75 Å². The van der Waals surface area contributed by atoms with E-state index in [9.17, 15) is 9.59 Å². The predicted octanol–water partition coefficient (Wildman–Crippen LogP) is 2.92. The van der Waals surface area contributed by atoms with E-state index in [1.165, 1.54) is 0 Å². The first-order chi connectivity index (χ1) is 13.5. The second kappa shape index (κ2) is 7.30. The smallest absolute Gasteiger partial charge is 0.248 e. The zero-order chi connectivity index (χ0) is 19.7. The SMILES string of the molecule is COc1ccc(C2(C(=O)N3CC[C@@H](Cc4cccc(C(N)=O)c4)C3)CC2)cc1. The number of amides is 2. The Balaban J connectivity index is 1.41. The van der Waals surface area contributed by atoms with Crippen molar-refractivity contribution in [3.63, 3.8) is 0 Å². The molecule has 2 N–H and O–H groups in total. The van der Waals surface area contributed by atoms with E-state index in [0.29, 0.717) is 11.5 Å². The van der Waals surface area contributed by atoms with Gasteiger partial charge in [-0.25, -0.2) is 0 Å². The summed E-state index contributed by atoms with van der Waals surface area (Å²) in [5.74, 6) is 1.08. The first kappa shape index (κ1) is 18.5. The maximum absolute atomic E-state index is 13.3. The standard InChI is InChI=1S/C23H26N2O3/c1-28-20-7-5-19(6-8-20)23(10-11-23)22(27)25-12-9-17(15-25)13-16-3-2-4-18(14-16)21(24)26/h2-8,14,17H,9-13,15H2,1H3,(H2,24,26)/t17-/m0/s1. The van der Waals surface area contributed by atoms with Crippen LogP contribution in [0.15, 0.2) is 48.5 Å². The molecule has 4 rings (SSSR count). The molecule has 2 fully saturated rings. The monoisotopic (exact) mass is 378 g/mol. The molecule has 2 aromatic rings. The lowest BCUT2D eigenvalue weighted by atomic mass is 9.94. The van der Waals surface area contributed by atoms with Gasteiger partial charge in [-0.2, -0.15) is 0 Å². The van der Waals surface area contributed by atoms with E-state index >= 15 is 0 Å². The van der Waals surface area contributed by atoms with E-state index in [4.69, 9.17) is 10.5 Å². The number of hydrogen-bond acceptors (Lipinski definition) is 3. The molecule has 0 unspecified atom stereocenters. The maximum Gasteiger partial charge on any atom is 0.248 e. The summed E-state index contributed by atoms with van der Waals surface area (Å²) in [7, 11) is 1.65. The zero-order valence-corrected chi connectivity index (χ0v) is 16.2. The number of carbonyl (C=O) groups excluding carboxylic acids is 2. The van der Waals surface area contributed by atoms with Crippen LogP contribution in [0, 0.1) is 5.92 Å². The fraction of sp³-hybridized carbons (Fsp3) is 0.391. The molecule has 2 aromatic carbocycles. The number of primary amides is 1. The molecule has 1 saturated heterocycles. The average molecular weight is 378 g/mol. The summed E-state index contributed by atoms with van der Waals surface area (Å²) >= 11 is 0. The number of benzene rings is 2. The van der Waals surface area contributed by atoms with Gasteiger partial charge in [0, 0.05) is 18.7 Å². The van der Waals surface area contributed by atoms with Gasteiger partial charge in [0.2, 0.25) is 11.8 Å². The lowest BCUT2D eigenvalue weighted by Crippen LogP contribution is -2.38.